The molecule has 1 aliphatic rings. The Hall–Kier alpha value is -0.780. The molecule has 10 heteroatoms. The van der Waals surface area contributed by atoms with Crippen molar-refractivity contribution in [2.75, 3.05) is 57.9 Å². The second kappa shape index (κ2) is 10.9. The first-order chi connectivity index (χ1) is 10.4. The van der Waals surface area contributed by atoms with E-state index in [4.69, 9.17) is 4.74 Å². The van der Waals surface area contributed by atoms with Crippen molar-refractivity contribution in [1.82, 2.24) is 15.1 Å². The van der Waals surface area contributed by atoms with E-state index in [1.165, 1.54) is 6.26 Å². The Kier molecular flexibility index (Phi) is 10.5. The van der Waals surface area contributed by atoms with Crippen molar-refractivity contribution in [1.29, 1.82) is 0 Å². The number of rotatable bonds is 5. The van der Waals surface area contributed by atoms with E-state index in [2.05, 4.69) is 10.3 Å². The molecule has 1 heterocycles. The quantitative estimate of drug-likeness (QED) is 0.361. The molecule has 8 nitrogen and oxygen atoms in total. The third kappa shape index (κ3) is 8.58. The highest BCUT2D eigenvalue weighted by molar-refractivity contribution is 14.0. The summed E-state index contributed by atoms with van der Waals surface area (Å²) in [6.45, 7) is 7.47. The van der Waals surface area contributed by atoms with Crippen molar-refractivity contribution in [3.8, 4) is 0 Å². The van der Waals surface area contributed by atoms with Gasteiger partial charge >= 0.3 is 6.09 Å². The van der Waals surface area contributed by atoms with Crippen molar-refractivity contribution in [3.05, 3.63) is 0 Å². The monoisotopic (exact) mass is 462 g/mol. The fraction of sp³-hybridized carbons (Fsp3) is 0.846. The van der Waals surface area contributed by atoms with Crippen molar-refractivity contribution >= 4 is 45.9 Å². The fourth-order valence-corrected chi connectivity index (χ4v) is 2.48. The van der Waals surface area contributed by atoms with Crippen LogP contribution in [0.15, 0.2) is 4.99 Å². The minimum atomic E-state index is -3.01. The van der Waals surface area contributed by atoms with E-state index < -0.39 is 9.84 Å². The Morgan fingerprint density at radius 3 is 2.22 bits per heavy atom. The number of carbonyl (C=O) groups is 1. The smallest absolute Gasteiger partial charge is 0.409 e. The predicted octanol–water partition coefficient (Wildman–Crippen LogP) is 0.389. The van der Waals surface area contributed by atoms with Gasteiger partial charge in [-0.05, 0) is 13.8 Å². The van der Waals surface area contributed by atoms with E-state index >= 15 is 0 Å². The molecule has 1 aliphatic heterocycles. The Balaban J connectivity index is 0.00000484. The van der Waals surface area contributed by atoms with Crippen LogP contribution in [0.25, 0.3) is 0 Å². The first kappa shape index (κ1) is 22.2. The highest BCUT2D eigenvalue weighted by atomic mass is 127. The molecule has 0 atom stereocenters. The van der Waals surface area contributed by atoms with E-state index in [1.54, 1.807) is 11.8 Å². The summed E-state index contributed by atoms with van der Waals surface area (Å²) in [6.07, 6.45) is 0.911. The number of ether oxygens (including phenoxy) is 1. The normalized spacial score (nSPS) is 15.9. The highest BCUT2D eigenvalue weighted by Crippen LogP contribution is 2.04. The zero-order chi connectivity index (χ0) is 16.6. The number of aliphatic imine (C=N–C) groups is 1. The molecule has 0 aromatic rings. The fourth-order valence-electron chi connectivity index (χ4n) is 2.06. The number of amides is 1. The standard InChI is InChI=1S/C13H26N4O4S.HI/c1-4-14-12(15-6-11-22(3,19)20)16-7-9-17(10-8-16)13(18)21-5-2;/h4-11H2,1-3H3,(H,14,15);1H. The van der Waals surface area contributed by atoms with Crippen LogP contribution >= 0.6 is 24.0 Å². The maximum absolute atomic E-state index is 11.7. The van der Waals surface area contributed by atoms with Gasteiger partial charge in [-0.3, -0.25) is 4.99 Å². The molecule has 0 unspecified atom stereocenters. The second-order valence-electron chi connectivity index (χ2n) is 5.04. The lowest BCUT2D eigenvalue weighted by atomic mass is 10.3. The minimum absolute atomic E-state index is 0. The van der Waals surface area contributed by atoms with Gasteiger partial charge in [0.05, 0.1) is 18.9 Å². The summed E-state index contributed by atoms with van der Waals surface area (Å²) >= 11 is 0. The number of guanidine groups is 1. The van der Waals surface area contributed by atoms with Crippen molar-refractivity contribution in [3.63, 3.8) is 0 Å². The number of nitrogens with one attached hydrogen (secondary N) is 1. The number of halogens is 1. The first-order valence-electron chi connectivity index (χ1n) is 7.50. The molecule has 1 amide bonds. The SMILES string of the molecule is CCNC(=NCCS(C)(=O)=O)N1CCN(C(=O)OCC)CC1.I. The molecule has 1 rings (SSSR count). The van der Waals surface area contributed by atoms with Crippen molar-refractivity contribution in [2.45, 2.75) is 13.8 Å². The summed E-state index contributed by atoms with van der Waals surface area (Å²) in [6, 6.07) is 0. The Morgan fingerprint density at radius 1 is 1.17 bits per heavy atom. The lowest BCUT2D eigenvalue weighted by molar-refractivity contribution is 0.0914. The second-order valence-corrected chi connectivity index (χ2v) is 7.30. The number of hydrogen-bond donors (Lipinski definition) is 1. The van der Waals surface area contributed by atoms with Gasteiger partial charge in [-0.15, -0.1) is 24.0 Å². The highest BCUT2D eigenvalue weighted by Gasteiger charge is 2.23. The van der Waals surface area contributed by atoms with Gasteiger partial charge in [0.2, 0.25) is 0 Å². The molecule has 136 valence electrons. The minimum Gasteiger partial charge on any atom is -0.450 e. The van der Waals surface area contributed by atoms with Crippen molar-refractivity contribution in [2.24, 2.45) is 4.99 Å². The molecular formula is C13H27IN4O4S. The third-order valence-electron chi connectivity index (χ3n) is 3.16. The van der Waals surface area contributed by atoms with Crippen LogP contribution in [0, 0.1) is 0 Å². The maximum atomic E-state index is 11.7. The zero-order valence-corrected chi connectivity index (χ0v) is 17.1. The van der Waals surface area contributed by atoms with Gasteiger partial charge in [0, 0.05) is 39.0 Å². The number of carbonyl (C=O) groups excluding carboxylic acids is 1. The van der Waals surface area contributed by atoms with Crippen LogP contribution in [0.2, 0.25) is 0 Å². The van der Waals surface area contributed by atoms with Gasteiger partial charge in [-0.25, -0.2) is 13.2 Å². The summed E-state index contributed by atoms with van der Waals surface area (Å²) in [5.41, 5.74) is 0. The van der Waals surface area contributed by atoms with Crippen LogP contribution in [0.5, 0.6) is 0 Å². The van der Waals surface area contributed by atoms with Crippen LogP contribution in [-0.4, -0.2) is 88.2 Å². The van der Waals surface area contributed by atoms with E-state index in [0.29, 0.717) is 45.3 Å². The predicted molar refractivity (Wildman–Crippen MR) is 101 cm³/mol. The molecule has 0 bridgehead atoms. The molecule has 0 radical (unpaired) electrons. The molecule has 1 saturated heterocycles. The van der Waals surface area contributed by atoms with Crippen LogP contribution in [0.4, 0.5) is 4.79 Å². The van der Waals surface area contributed by atoms with Crippen molar-refractivity contribution < 1.29 is 17.9 Å². The number of nitrogens with zero attached hydrogens (tertiary/aromatic N) is 3. The lowest BCUT2D eigenvalue weighted by Gasteiger charge is -2.35. The summed E-state index contributed by atoms with van der Waals surface area (Å²) in [5.74, 6) is 0.722. The zero-order valence-electron chi connectivity index (χ0n) is 13.9. The van der Waals surface area contributed by atoms with Gasteiger partial charge in [0.25, 0.3) is 0 Å². The Bertz CT molecular complexity index is 490. The van der Waals surface area contributed by atoms with E-state index in [9.17, 15) is 13.2 Å². The average Bonchev–Trinajstić information content (AvgIpc) is 2.45. The summed E-state index contributed by atoms with van der Waals surface area (Å²) < 4.78 is 27.3. The number of sulfone groups is 1. The van der Waals surface area contributed by atoms with Crippen LogP contribution in [0.3, 0.4) is 0 Å². The van der Waals surface area contributed by atoms with E-state index in [1.807, 2.05) is 11.8 Å². The molecular weight excluding hydrogens is 435 g/mol. The summed E-state index contributed by atoms with van der Waals surface area (Å²) in [5, 5.41) is 3.15. The van der Waals surface area contributed by atoms with E-state index in [-0.39, 0.29) is 42.4 Å². The number of piperazine rings is 1. The first-order valence-corrected chi connectivity index (χ1v) is 9.56. The van der Waals surface area contributed by atoms with Gasteiger partial charge in [-0.2, -0.15) is 0 Å². The molecule has 0 aromatic carbocycles. The average molecular weight is 462 g/mol. The van der Waals surface area contributed by atoms with Crippen LogP contribution in [-0.2, 0) is 14.6 Å². The molecule has 1 N–H and O–H groups in total. The van der Waals surface area contributed by atoms with E-state index in [0.717, 1.165) is 0 Å². The van der Waals surface area contributed by atoms with Gasteiger partial charge in [0.1, 0.15) is 9.84 Å². The topological polar surface area (TPSA) is 91.3 Å². The summed E-state index contributed by atoms with van der Waals surface area (Å²) in [7, 11) is -3.01. The Morgan fingerprint density at radius 2 is 1.74 bits per heavy atom. The van der Waals surface area contributed by atoms with Gasteiger partial charge in [0.15, 0.2) is 5.96 Å². The number of hydrogen-bond acceptors (Lipinski definition) is 5. The molecule has 0 aliphatic carbocycles. The largest absolute Gasteiger partial charge is 0.450 e. The van der Waals surface area contributed by atoms with Crippen LogP contribution in [0.1, 0.15) is 13.8 Å². The molecule has 0 spiro atoms. The summed E-state index contributed by atoms with van der Waals surface area (Å²) in [4.78, 5) is 19.7. The van der Waals surface area contributed by atoms with Gasteiger partial charge in [-0.1, -0.05) is 0 Å². The molecule has 0 aromatic heterocycles. The maximum Gasteiger partial charge on any atom is 0.409 e. The van der Waals surface area contributed by atoms with Crippen LogP contribution < -0.4 is 5.32 Å². The molecule has 1 fully saturated rings. The molecule has 23 heavy (non-hydrogen) atoms. The third-order valence-corrected chi connectivity index (χ3v) is 4.09. The van der Waals surface area contributed by atoms with Gasteiger partial charge < -0.3 is 19.9 Å². The Labute approximate surface area is 155 Å². The lowest BCUT2D eigenvalue weighted by Crippen LogP contribution is -2.54. The molecule has 0 saturated carbocycles.